The van der Waals surface area contributed by atoms with Crippen LogP contribution >= 0.6 is 0 Å². The summed E-state index contributed by atoms with van der Waals surface area (Å²) in [5.74, 6) is 0.846. The molecule has 0 amide bonds. The highest BCUT2D eigenvalue weighted by molar-refractivity contribution is 5.79. The van der Waals surface area contributed by atoms with E-state index >= 15 is 0 Å². The normalized spacial score (nSPS) is 20.1. The Morgan fingerprint density at radius 1 is 1.32 bits per heavy atom. The van der Waals surface area contributed by atoms with Crippen molar-refractivity contribution in [2.75, 3.05) is 52.9 Å². The van der Waals surface area contributed by atoms with Crippen LogP contribution in [-0.4, -0.2) is 74.7 Å². The maximum Gasteiger partial charge on any atom is 0.191 e. The van der Waals surface area contributed by atoms with E-state index < -0.39 is 0 Å². The molecule has 1 atom stereocenters. The van der Waals surface area contributed by atoms with Crippen LogP contribution in [0, 0.1) is 0 Å². The molecule has 19 heavy (non-hydrogen) atoms. The van der Waals surface area contributed by atoms with Gasteiger partial charge in [-0.3, -0.25) is 9.89 Å². The van der Waals surface area contributed by atoms with Crippen LogP contribution < -0.4 is 10.6 Å². The van der Waals surface area contributed by atoms with Crippen LogP contribution in [0.1, 0.15) is 13.8 Å². The summed E-state index contributed by atoms with van der Waals surface area (Å²) in [7, 11) is 1.79. The topological polar surface area (TPSA) is 42.9 Å². The molecule has 1 aliphatic rings. The lowest BCUT2D eigenvalue weighted by Gasteiger charge is -2.37. The largest absolute Gasteiger partial charge is 0.355 e. The van der Waals surface area contributed by atoms with Crippen LogP contribution in [0.4, 0.5) is 0 Å². The van der Waals surface area contributed by atoms with Crippen molar-refractivity contribution in [1.29, 1.82) is 0 Å². The molecule has 0 aliphatic carbocycles. The van der Waals surface area contributed by atoms with Crippen LogP contribution in [0.2, 0.25) is 0 Å². The highest BCUT2D eigenvalue weighted by Crippen LogP contribution is 2.05. The average molecular weight is 267 g/mol. The van der Waals surface area contributed by atoms with Crippen molar-refractivity contribution in [2.24, 2.45) is 4.99 Å². The lowest BCUT2D eigenvalue weighted by Crippen LogP contribution is -2.53. The van der Waals surface area contributed by atoms with Crippen molar-refractivity contribution in [1.82, 2.24) is 20.4 Å². The number of aliphatic imine (C=N–C) groups is 1. The summed E-state index contributed by atoms with van der Waals surface area (Å²) in [6.45, 7) is 15.7. The summed E-state index contributed by atoms with van der Waals surface area (Å²) in [6, 6.07) is 0.529. The summed E-state index contributed by atoms with van der Waals surface area (Å²) >= 11 is 0. The number of nitrogens with one attached hydrogen (secondary N) is 2. The summed E-state index contributed by atoms with van der Waals surface area (Å²) in [5.41, 5.74) is 0. The first-order chi connectivity index (χ1) is 9.21. The Balaban J connectivity index is 2.27. The minimum atomic E-state index is 0.529. The van der Waals surface area contributed by atoms with Crippen LogP contribution in [0.15, 0.2) is 17.6 Å². The fourth-order valence-corrected chi connectivity index (χ4v) is 2.28. The third-order valence-electron chi connectivity index (χ3n) is 3.68. The van der Waals surface area contributed by atoms with Crippen molar-refractivity contribution in [2.45, 2.75) is 19.9 Å². The minimum Gasteiger partial charge on any atom is -0.355 e. The molecule has 1 fully saturated rings. The lowest BCUT2D eigenvalue weighted by molar-refractivity contribution is 0.107. The number of hydrogen-bond acceptors (Lipinski definition) is 3. The van der Waals surface area contributed by atoms with E-state index in [9.17, 15) is 0 Å². The second-order valence-corrected chi connectivity index (χ2v) is 4.94. The molecular formula is C14H29N5. The molecule has 5 heteroatoms. The molecular weight excluding hydrogens is 238 g/mol. The van der Waals surface area contributed by atoms with E-state index in [1.165, 1.54) is 19.6 Å². The van der Waals surface area contributed by atoms with E-state index in [2.05, 4.69) is 45.9 Å². The lowest BCUT2D eigenvalue weighted by atomic mass is 10.2. The average Bonchev–Trinajstić information content (AvgIpc) is 2.47. The zero-order valence-electron chi connectivity index (χ0n) is 12.7. The molecule has 5 nitrogen and oxygen atoms in total. The van der Waals surface area contributed by atoms with Gasteiger partial charge in [-0.05, 0) is 13.5 Å². The fourth-order valence-electron chi connectivity index (χ4n) is 2.28. The maximum absolute atomic E-state index is 4.19. The highest BCUT2D eigenvalue weighted by atomic mass is 15.3. The Morgan fingerprint density at radius 3 is 2.53 bits per heavy atom. The van der Waals surface area contributed by atoms with Gasteiger partial charge in [0.2, 0.25) is 0 Å². The number of guanidine groups is 1. The van der Waals surface area contributed by atoms with Crippen molar-refractivity contribution >= 4 is 5.96 Å². The highest BCUT2D eigenvalue weighted by Gasteiger charge is 2.19. The molecule has 2 N–H and O–H groups in total. The molecule has 1 aliphatic heterocycles. The molecule has 0 radical (unpaired) electrons. The van der Waals surface area contributed by atoms with Crippen LogP contribution in [-0.2, 0) is 0 Å². The molecule has 0 aromatic heterocycles. The standard InChI is InChI=1S/C14H29N5/c1-5-7-16-14(15-4)17-12-13(3)19-10-8-18(6-2)9-11-19/h5,13H,1,6-12H2,2-4H3,(H2,15,16,17). The first kappa shape index (κ1) is 16.0. The zero-order chi connectivity index (χ0) is 14.1. The number of rotatable bonds is 6. The molecule has 110 valence electrons. The Hall–Kier alpha value is -1.07. The molecule has 0 spiro atoms. The van der Waals surface area contributed by atoms with Gasteiger partial charge in [0.25, 0.3) is 0 Å². The van der Waals surface area contributed by atoms with Crippen molar-refractivity contribution < 1.29 is 0 Å². The maximum atomic E-state index is 4.19. The first-order valence-electron chi connectivity index (χ1n) is 7.23. The van der Waals surface area contributed by atoms with Crippen molar-refractivity contribution in [3.8, 4) is 0 Å². The van der Waals surface area contributed by atoms with Crippen molar-refractivity contribution in [3.63, 3.8) is 0 Å². The molecule has 0 aromatic carbocycles. The molecule has 1 rings (SSSR count). The summed E-state index contributed by atoms with van der Waals surface area (Å²) < 4.78 is 0. The van der Waals surface area contributed by atoms with E-state index in [1.807, 2.05) is 6.08 Å². The monoisotopic (exact) mass is 267 g/mol. The van der Waals surface area contributed by atoms with Gasteiger partial charge in [0.1, 0.15) is 0 Å². The minimum absolute atomic E-state index is 0.529. The van der Waals surface area contributed by atoms with Gasteiger partial charge in [-0.1, -0.05) is 13.0 Å². The van der Waals surface area contributed by atoms with Gasteiger partial charge >= 0.3 is 0 Å². The Bertz CT molecular complexity index is 282. The third kappa shape index (κ3) is 5.61. The second kappa shape index (κ2) is 8.93. The third-order valence-corrected chi connectivity index (χ3v) is 3.68. The van der Waals surface area contributed by atoms with Gasteiger partial charge in [-0.2, -0.15) is 0 Å². The Morgan fingerprint density at radius 2 is 2.00 bits per heavy atom. The van der Waals surface area contributed by atoms with Gasteiger partial charge in [0, 0.05) is 52.4 Å². The Labute approximate surface area is 117 Å². The van der Waals surface area contributed by atoms with E-state index in [0.717, 1.165) is 32.1 Å². The molecule has 0 aromatic rings. The van der Waals surface area contributed by atoms with Crippen LogP contribution in [0.5, 0.6) is 0 Å². The van der Waals surface area contributed by atoms with Gasteiger partial charge in [0.05, 0.1) is 0 Å². The van der Waals surface area contributed by atoms with E-state index in [1.54, 1.807) is 7.05 Å². The van der Waals surface area contributed by atoms with E-state index in [0.29, 0.717) is 6.04 Å². The number of piperazine rings is 1. The van der Waals surface area contributed by atoms with Gasteiger partial charge in [0.15, 0.2) is 5.96 Å². The molecule has 0 saturated carbocycles. The van der Waals surface area contributed by atoms with Crippen LogP contribution in [0.3, 0.4) is 0 Å². The first-order valence-corrected chi connectivity index (χ1v) is 7.23. The van der Waals surface area contributed by atoms with Crippen LogP contribution in [0.25, 0.3) is 0 Å². The summed E-state index contributed by atoms with van der Waals surface area (Å²) in [6.07, 6.45) is 1.83. The van der Waals surface area contributed by atoms with Gasteiger partial charge in [-0.25, -0.2) is 0 Å². The van der Waals surface area contributed by atoms with E-state index in [-0.39, 0.29) is 0 Å². The number of nitrogens with zero attached hydrogens (tertiary/aromatic N) is 3. The zero-order valence-corrected chi connectivity index (χ0v) is 12.7. The quantitative estimate of drug-likeness (QED) is 0.414. The van der Waals surface area contributed by atoms with Gasteiger partial charge < -0.3 is 15.5 Å². The van der Waals surface area contributed by atoms with Crippen molar-refractivity contribution in [3.05, 3.63) is 12.7 Å². The summed E-state index contributed by atoms with van der Waals surface area (Å²) in [4.78, 5) is 9.23. The van der Waals surface area contributed by atoms with Gasteiger partial charge in [-0.15, -0.1) is 6.58 Å². The molecule has 0 bridgehead atoms. The predicted molar refractivity (Wildman–Crippen MR) is 82.7 cm³/mol. The fraction of sp³-hybridized carbons (Fsp3) is 0.786. The SMILES string of the molecule is C=CCNC(=NC)NCC(C)N1CCN(CC)CC1. The smallest absolute Gasteiger partial charge is 0.191 e. The summed E-state index contributed by atoms with van der Waals surface area (Å²) in [5, 5.41) is 6.55. The molecule has 1 saturated heterocycles. The van der Waals surface area contributed by atoms with E-state index in [4.69, 9.17) is 0 Å². The number of hydrogen-bond donors (Lipinski definition) is 2. The molecule has 1 unspecified atom stereocenters. The molecule has 1 heterocycles. The predicted octanol–water partition coefficient (Wildman–Crippen LogP) is 0.363. The Kier molecular flexibility index (Phi) is 7.52. The second-order valence-electron chi connectivity index (χ2n) is 4.94. The number of likely N-dealkylation sites (N-methyl/N-ethyl adjacent to an activating group) is 1.